The molecule has 0 bridgehead atoms. The Balaban J connectivity index is 2.14. The number of carbonyl (C=O) groups is 1. The second-order valence-electron chi connectivity index (χ2n) is 7.78. The normalized spacial score (nSPS) is 40.6. The van der Waals surface area contributed by atoms with Crippen LogP contribution in [-0.2, 0) is 14.3 Å². The van der Waals surface area contributed by atoms with Gasteiger partial charge >= 0.3 is 0 Å². The summed E-state index contributed by atoms with van der Waals surface area (Å²) in [6, 6.07) is 0. The minimum absolute atomic E-state index is 0.0174. The van der Waals surface area contributed by atoms with Crippen molar-refractivity contribution < 1.29 is 19.4 Å². The molecule has 4 heteroatoms. The van der Waals surface area contributed by atoms with Gasteiger partial charge < -0.3 is 14.6 Å². The maximum Gasteiger partial charge on any atom is 0.210 e. The summed E-state index contributed by atoms with van der Waals surface area (Å²) >= 11 is 0. The van der Waals surface area contributed by atoms with Crippen LogP contribution >= 0.6 is 0 Å². The van der Waals surface area contributed by atoms with E-state index in [1.54, 1.807) is 0 Å². The van der Waals surface area contributed by atoms with Gasteiger partial charge in [-0.3, -0.25) is 4.79 Å². The molecule has 1 N–H and O–H groups in total. The molecule has 1 spiro atoms. The summed E-state index contributed by atoms with van der Waals surface area (Å²) in [7, 11) is 0. The average Bonchev–Trinajstić information content (AvgIpc) is 2.96. The molecule has 3 rings (SSSR count). The lowest BCUT2D eigenvalue weighted by Crippen LogP contribution is -2.50. The highest BCUT2D eigenvalue weighted by molar-refractivity contribution is 6.04. The fraction of sp³-hybridized carbons (Fsp3) is 0.833. The van der Waals surface area contributed by atoms with Crippen molar-refractivity contribution >= 4 is 5.78 Å². The zero-order valence-corrected chi connectivity index (χ0v) is 14.3. The third-order valence-electron chi connectivity index (χ3n) is 5.72. The van der Waals surface area contributed by atoms with Gasteiger partial charge in [-0.2, -0.15) is 0 Å². The van der Waals surface area contributed by atoms with E-state index in [4.69, 9.17) is 9.47 Å². The second-order valence-corrected chi connectivity index (χ2v) is 7.78. The van der Waals surface area contributed by atoms with Crippen LogP contribution in [-0.4, -0.2) is 28.7 Å². The third kappa shape index (κ3) is 1.76. The number of hydrogen-bond acceptors (Lipinski definition) is 4. The van der Waals surface area contributed by atoms with Crippen molar-refractivity contribution in [2.24, 2.45) is 17.3 Å². The van der Waals surface area contributed by atoms with Crippen LogP contribution in [0.4, 0.5) is 0 Å². The number of allylic oxidation sites excluding steroid dienone is 1. The monoisotopic (exact) mass is 308 g/mol. The van der Waals surface area contributed by atoms with Gasteiger partial charge in [0.15, 0.2) is 5.76 Å². The molecule has 0 aliphatic heterocycles. The number of carbonyl (C=O) groups excluding carboxylic acids is 1. The lowest BCUT2D eigenvalue weighted by Gasteiger charge is -2.38. The Bertz CT molecular complexity index is 521. The number of Topliss-reactive ketones (excluding diaryl/α,β-unsaturated/α-hetero) is 1. The van der Waals surface area contributed by atoms with Crippen LogP contribution in [0.15, 0.2) is 11.5 Å². The van der Waals surface area contributed by atoms with E-state index in [0.717, 1.165) is 25.7 Å². The van der Waals surface area contributed by atoms with E-state index in [0.29, 0.717) is 5.76 Å². The fourth-order valence-corrected chi connectivity index (χ4v) is 5.03. The van der Waals surface area contributed by atoms with E-state index in [2.05, 4.69) is 0 Å². The lowest BCUT2D eigenvalue weighted by atomic mass is 9.69. The first kappa shape index (κ1) is 15.9. The van der Waals surface area contributed by atoms with Gasteiger partial charge in [0.2, 0.25) is 11.5 Å². The van der Waals surface area contributed by atoms with Crippen LogP contribution in [0.5, 0.6) is 0 Å². The van der Waals surface area contributed by atoms with Gasteiger partial charge in [-0.05, 0) is 58.8 Å². The largest absolute Gasteiger partial charge is 0.488 e. The molecule has 0 saturated heterocycles. The van der Waals surface area contributed by atoms with Gasteiger partial charge in [-0.15, -0.1) is 0 Å². The fourth-order valence-electron chi connectivity index (χ4n) is 5.03. The number of aliphatic hydroxyl groups is 1. The van der Waals surface area contributed by atoms with Crippen molar-refractivity contribution in [3.05, 3.63) is 11.5 Å². The van der Waals surface area contributed by atoms with Crippen molar-refractivity contribution in [2.45, 2.75) is 78.1 Å². The molecule has 4 atom stereocenters. The zero-order chi connectivity index (χ0) is 16.3. The molecule has 2 saturated carbocycles. The molecule has 3 aliphatic rings. The summed E-state index contributed by atoms with van der Waals surface area (Å²) in [5, 5.41) is 11.6. The van der Waals surface area contributed by atoms with Crippen molar-refractivity contribution in [1.29, 1.82) is 0 Å². The van der Waals surface area contributed by atoms with E-state index in [9.17, 15) is 9.90 Å². The quantitative estimate of drug-likeness (QED) is 0.866. The summed E-state index contributed by atoms with van der Waals surface area (Å²) in [5.74, 6) is 0.928. The predicted octanol–water partition coefficient (Wildman–Crippen LogP) is 3.19. The van der Waals surface area contributed by atoms with Crippen molar-refractivity contribution in [1.82, 2.24) is 0 Å². The van der Waals surface area contributed by atoms with Crippen LogP contribution in [0.2, 0.25) is 0 Å². The van der Waals surface area contributed by atoms with Gasteiger partial charge in [-0.25, -0.2) is 0 Å². The standard InChI is InChI=1S/C18H28O4/c1-10(2)21-14-15(19)17-8-6-7-13(17)9-12(5)18(17,20)16(14)22-11(3)4/h10-13,20H,6-9H2,1-5H3/t12-,13-,17+,18-/m1/s1. The van der Waals surface area contributed by atoms with Gasteiger partial charge in [-0.1, -0.05) is 13.3 Å². The number of rotatable bonds is 4. The molecule has 0 aromatic heterocycles. The molecule has 0 aromatic rings. The molecule has 2 fully saturated rings. The Hall–Kier alpha value is -1.03. The molecule has 3 aliphatic carbocycles. The first-order valence-electron chi connectivity index (χ1n) is 8.60. The van der Waals surface area contributed by atoms with Gasteiger partial charge in [0.25, 0.3) is 0 Å². The summed E-state index contributed by atoms with van der Waals surface area (Å²) in [6.07, 6.45) is 3.44. The molecule has 0 heterocycles. The molecule has 4 nitrogen and oxygen atoms in total. The molecular weight excluding hydrogens is 280 g/mol. The van der Waals surface area contributed by atoms with E-state index in [1.165, 1.54) is 0 Å². The molecule has 0 unspecified atom stereocenters. The Morgan fingerprint density at radius 3 is 2.41 bits per heavy atom. The van der Waals surface area contributed by atoms with E-state index in [-0.39, 0.29) is 35.6 Å². The van der Waals surface area contributed by atoms with Crippen molar-refractivity contribution in [3.63, 3.8) is 0 Å². The topological polar surface area (TPSA) is 55.8 Å². The van der Waals surface area contributed by atoms with Gasteiger partial charge in [0.05, 0.1) is 17.6 Å². The zero-order valence-electron chi connectivity index (χ0n) is 14.3. The van der Waals surface area contributed by atoms with Crippen molar-refractivity contribution in [2.75, 3.05) is 0 Å². The lowest BCUT2D eigenvalue weighted by molar-refractivity contribution is -0.142. The molecule has 22 heavy (non-hydrogen) atoms. The summed E-state index contributed by atoms with van der Waals surface area (Å²) < 4.78 is 11.8. The minimum atomic E-state index is -1.19. The Morgan fingerprint density at radius 2 is 1.82 bits per heavy atom. The number of ketones is 1. The average molecular weight is 308 g/mol. The van der Waals surface area contributed by atoms with Crippen LogP contribution in [0.25, 0.3) is 0 Å². The maximum absolute atomic E-state index is 13.2. The predicted molar refractivity (Wildman–Crippen MR) is 83.0 cm³/mol. The Labute approximate surface area is 132 Å². The summed E-state index contributed by atoms with van der Waals surface area (Å²) in [5.41, 5.74) is -1.90. The highest BCUT2D eigenvalue weighted by atomic mass is 16.5. The highest BCUT2D eigenvalue weighted by Gasteiger charge is 2.75. The van der Waals surface area contributed by atoms with E-state index >= 15 is 0 Å². The Morgan fingerprint density at radius 1 is 1.18 bits per heavy atom. The smallest absolute Gasteiger partial charge is 0.210 e. The van der Waals surface area contributed by atoms with E-state index < -0.39 is 11.0 Å². The Kier molecular flexibility index (Phi) is 3.59. The van der Waals surface area contributed by atoms with Crippen molar-refractivity contribution in [3.8, 4) is 0 Å². The SMILES string of the molecule is CC(C)OC1=C(OC(C)C)[C@]2(O)[C@H](C)C[C@H]3CCC[C@@]32C1=O. The molecule has 0 radical (unpaired) electrons. The first-order chi connectivity index (χ1) is 10.2. The highest BCUT2D eigenvalue weighted by Crippen LogP contribution is 2.68. The van der Waals surface area contributed by atoms with Crippen LogP contribution < -0.4 is 0 Å². The number of hydrogen-bond donors (Lipinski definition) is 1. The first-order valence-corrected chi connectivity index (χ1v) is 8.60. The molecule has 124 valence electrons. The van der Waals surface area contributed by atoms with Crippen LogP contribution in [0.1, 0.15) is 60.3 Å². The molecular formula is C18H28O4. The van der Waals surface area contributed by atoms with E-state index in [1.807, 2.05) is 34.6 Å². The third-order valence-corrected chi connectivity index (χ3v) is 5.72. The van der Waals surface area contributed by atoms with Crippen LogP contribution in [0, 0.1) is 17.3 Å². The summed E-state index contributed by atoms with van der Waals surface area (Å²) in [6.45, 7) is 9.68. The van der Waals surface area contributed by atoms with Gasteiger partial charge in [0.1, 0.15) is 5.60 Å². The second kappa shape index (κ2) is 4.98. The number of ether oxygens (including phenoxy) is 2. The van der Waals surface area contributed by atoms with Crippen LogP contribution in [0.3, 0.4) is 0 Å². The molecule has 0 aromatic carbocycles. The summed E-state index contributed by atoms with van der Waals surface area (Å²) in [4.78, 5) is 13.2. The molecule has 0 amide bonds. The van der Waals surface area contributed by atoms with Gasteiger partial charge in [0, 0.05) is 0 Å². The maximum atomic E-state index is 13.2. The minimum Gasteiger partial charge on any atom is -0.488 e.